The smallest absolute Gasteiger partial charge is 0.187 e. The van der Waals surface area contributed by atoms with Gasteiger partial charge in [-0.25, -0.2) is 8.78 Å². The van der Waals surface area contributed by atoms with Crippen LogP contribution in [-0.4, -0.2) is 17.4 Å². The number of nitrogens with zero attached hydrogens (tertiary/aromatic N) is 1. The second-order valence-electron chi connectivity index (χ2n) is 5.39. The number of thiocarbonyl (C=S) groups is 1. The first-order chi connectivity index (χ1) is 10.1. The number of rotatable bonds is 3. The number of nitrogens with one attached hydrogen (secondary N) is 2. The van der Waals surface area contributed by atoms with Crippen LogP contribution in [0.4, 0.5) is 8.78 Å². The van der Waals surface area contributed by atoms with Crippen molar-refractivity contribution in [3.63, 3.8) is 0 Å². The Bertz CT molecular complexity index is 534. The number of hydrazone groups is 1. The Hall–Kier alpha value is -1.56. The second-order valence-corrected chi connectivity index (χ2v) is 5.79. The van der Waals surface area contributed by atoms with E-state index in [9.17, 15) is 8.78 Å². The van der Waals surface area contributed by atoms with Crippen LogP contribution in [0.3, 0.4) is 0 Å². The maximum Gasteiger partial charge on any atom is 0.187 e. The molecule has 0 unspecified atom stereocenters. The van der Waals surface area contributed by atoms with Crippen LogP contribution >= 0.6 is 12.2 Å². The second kappa shape index (κ2) is 7.45. The molecule has 2 atom stereocenters. The van der Waals surface area contributed by atoms with E-state index in [2.05, 4.69) is 22.8 Å². The van der Waals surface area contributed by atoms with Crippen molar-refractivity contribution in [3.05, 3.63) is 35.4 Å². The molecule has 1 fully saturated rings. The summed E-state index contributed by atoms with van der Waals surface area (Å²) in [6.45, 7) is 2.21. The van der Waals surface area contributed by atoms with E-state index in [1.54, 1.807) is 0 Å². The van der Waals surface area contributed by atoms with E-state index in [1.807, 2.05) is 0 Å². The van der Waals surface area contributed by atoms with Crippen molar-refractivity contribution < 1.29 is 8.78 Å². The van der Waals surface area contributed by atoms with E-state index < -0.39 is 11.6 Å². The number of benzene rings is 1. The highest BCUT2D eigenvalue weighted by Crippen LogP contribution is 2.23. The number of halogens is 2. The molecule has 0 spiro atoms. The molecule has 1 aromatic rings. The van der Waals surface area contributed by atoms with Crippen molar-refractivity contribution in [3.8, 4) is 0 Å². The molecule has 114 valence electrons. The van der Waals surface area contributed by atoms with E-state index in [4.69, 9.17) is 12.2 Å². The lowest BCUT2D eigenvalue weighted by Gasteiger charge is -2.30. The zero-order valence-corrected chi connectivity index (χ0v) is 12.7. The average molecular weight is 311 g/mol. The van der Waals surface area contributed by atoms with Crippen LogP contribution in [-0.2, 0) is 0 Å². The molecule has 0 bridgehead atoms. The minimum Gasteiger partial charge on any atom is -0.358 e. The van der Waals surface area contributed by atoms with Crippen LogP contribution in [0.15, 0.2) is 23.3 Å². The van der Waals surface area contributed by atoms with Gasteiger partial charge < -0.3 is 5.32 Å². The van der Waals surface area contributed by atoms with Crippen LogP contribution in [0, 0.1) is 17.6 Å². The summed E-state index contributed by atoms with van der Waals surface area (Å²) in [7, 11) is 0. The van der Waals surface area contributed by atoms with Gasteiger partial charge in [-0.2, -0.15) is 5.10 Å². The SMILES string of the molecule is C[C@@H]1CCCC[C@H]1NC(=S)N/N=C\c1ccc(F)c(F)c1. The molecule has 0 saturated heterocycles. The molecule has 2 rings (SSSR count). The molecule has 21 heavy (non-hydrogen) atoms. The van der Waals surface area contributed by atoms with Crippen molar-refractivity contribution in [2.24, 2.45) is 11.0 Å². The quantitative estimate of drug-likeness (QED) is 0.511. The van der Waals surface area contributed by atoms with E-state index in [-0.39, 0.29) is 0 Å². The predicted octanol–water partition coefficient (Wildman–Crippen LogP) is 3.34. The lowest BCUT2D eigenvalue weighted by Crippen LogP contribution is -2.44. The molecule has 0 aliphatic heterocycles. The zero-order valence-electron chi connectivity index (χ0n) is 11.9. The Labute approximate surface area is 128 Å². The summed E-state index contributed by atoms with van der Waals surface area (Å²) in [5.41, 5.74) is 3.17. The maximum absolute atomic E-state index is 13.0. The first-order valence-corrected chi connectivity index (χ1v) is 7.51. The highest BCUT2D eigenvalue weighted by atomic mass is 32.1. The van der Waals surface area contributed by atoms with Gasteiger partial charge in [-0.15, -0.1) is 0 Å². The van der Waals surface area contributed by atoms with Crippen molar-refractivity contribution in [2.45, 2.75) is 38.6 Å². The summed E-state index contributed by atoms with van der Waals surface area (Å²) < 4.78 is 25.8. The molecule has 1 aliphatic carbocycles. The fourth-order valence-corrected chi connectivity index (χ4v) is 2.69. The highest BCUT2D eigenvalue weighted by Gasteiger charge is 2.21. The normalized spacial score (nSPS) is 22.2. The summed E-state index contributed by atoms with van der Waals surface area (Å²) in [6.07, 6.45) is 6.20. The molecule has 0 heterocycles. The molecule has 2 N–H and O–H groups in total. The third-order valence-corrected chi connectivity index (χ3v) is 3.96. The van der Waals surface area contributed by atoms with Gasteiger partial charge in [0, 0.05) is 6.04 Å². The molecule has 1 aromatic carbocycles. The number of hydrogen-bond acceptors (Lipinski definition) is 2. The van der Waals surface area contributed by atoms with Gasteiger partial charge in [0.15, 0.2) is 16.7 Å². The van der Waals surface area contributed by atoms with Gasteiger partial charge in [-0.05, 0) is 48.7 Å². The Morgan fingerprint density at radius 2 is 2.05 bits per heavy atom. The molecule has 0 radical (unpaired) electrons. The molecule has 3 nitrogen and oxygen atoms in total. The summed E-state index contributed by atoms with van der Waals surface area (Å²) in [4.78, 5) is 0. The summed E-state index contributed by atoms with van der Waals surface area (Å²) >= 11 is 5.18. The summed E-state index contributed by atoms with van der Waals surface area (Å²) in [6, 6.07) is 3.97. The van der Waals surface area contributed by atoms with Crippen LogP contribution < -0.4 is 10.7 Å². The molecule has 1 saturated carbocycles. The third-order valence-electron chi connectivity index (χ3n) is 3.75. The molecular weight excluding hydrogens is 292 g/mol. The first-order valence-electron chi connectivity index (χ1n) is 7.11. The first kappa shape index (κ1) is 15.8. The Balaban J connectivity index is 1.82. The van der Waals surface area contributed by atoms with Crippen LogP contribution in [0.5, 0.6) is 0 Å². The maximum atomic E-state index is 13.0. The molecule has 0 aromatic heterocycles. The minimum absolute atomic E-state index is 0.372. The van der Waals surface area contributed by atoms with Crippen LogP contribution in [0.2, 0.25) is 0 Å². The van der Waals surface area contributed by atoms with E-state index in [0.717, 1.165) is 18.6 Å². The molecule has 1 aliphatic rings. The van der Waals surface area contributed by atoms with Crippen molar-refractivity contribution in [1.29, 1.82) is 0 Å². The topological polar surface area (TPSA) is 36.4 Å². The zero-order chi connectivity index (χ0) is 15.2. The number of hydrogen-bond donors (Lipinski definition) is 2. The Morgan fingerprint density at radius 3 is 2.76 bits per heavy atom. The minimum atomic E-state index is -0.893. The Morgan fingerprint density at radius 1 is 1.29 bits per heavy atom. The van der Waals surface area contributed by atoms with Crippen LogP contribution in [0.25, 0.3) is 0 Å². The van der Waals surface area contributed by atoms with Gasteiger partial charge >= 0.3 is 0 Å². The lowest BCUT2D eigenvalue weighted by atomic mass is 9.86. The van der Waals surface area contributed by atoms with Gasteiger partial charge in [-0.3, -0.25) is 5.43 Å². The van der Waals surface area contributed by atoms with Gasteiger partial charge in [0.25, 0.3) is 0 Å². The van der Waals surface area contributed by atoms with Crippen molar-refractivity contribution >= 4 is 23.5 Å². The Kier molecular flexibility index (Phi) is 5.61. The largest absolute Gasteiger partial charge is 0.358 e. The van der Waals surface area contributed by atoms with E-state index in [1.165, 1.54) is 31.5 Å². The van der Waals surface area contributed by atoms with Gasteiger partial charge in [-0.1, -0.05) is 25.8 Å². The predicted molar refractivity (Wildman–Crippen MR) is 84.2 cm³/mol. The standard InChI is InChI=1S/C15H19F2N3S/c1-10-4-2-3-5-14(10)19-15(21)20-18-9-11-6-7-12(16)13(17)8-11/h6-10,14H,2-5H2,1H3,(H2,19,20,21)/b18-9-/t10-,14-/m1/s1. The van der Waals surface area contributed by atoms with Crippen molar-refractivity contribution in [2.75, 3.05) is 0 Å². The molecule has 0 amide bonds. The van der Waals surface area contributed by atoms with Gasteiger partial charge in [0.2, 0.25) is 0 Å². The monoisotopic (exact) mass is 311 g/mol. The molecule has 6 heteroatoms. The van der Waals surface area contributed by atoms with Gasteiger partial charge in [0.1, 0.15) is 0 Å². The van der Waals surface area contributed by atoms with E-state index in [0.29, 0.717) is 22.6 Å². The summed E-state index contributed by atoms with van der Waals surface area (Å²) in [5.74, 6) is -1.17. The fourth-order valence-electron chi connectivity index (χ4n) is 2.49. The average Bonchev–Trinajstić information content (AvgIpc) is 2.45. The van der Waals surface area contributed by atoms with Gasteiger partial charge in [0.05, 0.1) is 6.21 Å². The molecular formula is C15H19F2N3S. The third kappa shape index (κ3) is 4.74. The van der Waals surface area contributed by atoms with Crippen LogP contribution in [0.1, 0.15) is 38.2 Å². The highest BCUT2D eigenvalue weighted by molar-refractivity contribution is 7.80. The van der Waals surface area contributed by atoms with E-state index >= 15 is 0 Å². The van der Waals surface area contributed by atoms with Crippen molar-refractivity contribution in [1.82, 2.24) is 10.7 Å². The summed E-state index contributed by atoms with van der Waals surface area (Å²) in [5, 5.41) is 7.63. The lowest BCUT2D eigenvalue weighted by molar-refractivity contribution is 0.308. The fraction of sp³-hybridized carbons (Fsp3) is 0.467.